The highest BCUT2D eigenvalue weighted by Crippen LogP contribution is 2.34. The van der Waals surface area contributed by atoms with Gasteiger partial charge in [0.05, 0.1) is 18.1 Å². The Labute approximate surface area is 112 Å². The molecular weight excluding hydrogens is 246 g/mol. The molecule has 19 heavy (non-hydrogen) atoms. The topological polar surface area (TPSA) is 81.6 Å². The van der Waals surface area contributed by atoms with Gasteiger partial charge in [0.2, 0.25) is 0 Å². The Morgan fingerprint density at radius 1 is 1.47 bits per heavy atom. The summed E-state index contributed by atoms with van der Waals surface area (Å²) in [4.78, 5) is 12.8. The van der Waals surface area contributed by atoms with Gasteiger partial charge in [0.15, 0.2) is 0 Å². The molecule has 6 heteroatoms. The van der Waals surface area contributed by atoms with E-state index in [-0.39, 0.29) is 16.7 Å². The van der Waals surface area contributed by atoms with E-state index in [9.17, 15) is 10.1 Å². The van der Waals surface area contributed by atoms with Crippen LogP contribution >= 0.6 is 0 Å². The molecule has 1 saturated heterocycles. The fourth-order valence-electron chi connectivity index (χ4n) is 2.64. The fraction of sp³-hybridized carbons (Fsp3) is 0.538. The monoisotopic (exact) mass is 265 g/mol. The molecule has 104 valence electrons. The molecule has 2 unspecified atom stereocenters. The Morgan fingerprint density at radius 3 is 2.79 bits per heavy atom. The van der Waals surface area contributed by atoms with E-state index in [1.54, 1.807) is 12.1 Å². The molecule has 0 radical (unpaired) electrons. The molecule has 0 aliphatic carbocycles. The van der Waals surface area contributed by atoms with Gasteiger partial charge in [-0.25, -0.2) is 0 Å². The van der Waals surface area contributed by atoms with E-state index in [2.05, 4.69) is 6.92 Å². The fourth-order valence-corrected chi connectivity index (χ4v) is 2.64. The summed E-state index contributed by atoms with van der Waals surface area (Å²) in [6.07, 6.45) is 0.959. The quantitative estimate of drug-likeness (QED) is 0.665. The third-order valence-electron chi connectivity index (χ3n) is 3.41. The van der Waals surface area contributed by atoms with E-state index in [0.29, 0.717) is 23.9 Å². The molecule has 1 aromatic carbocycles. The van der Waals surface area contributed by atoms with Crippen LogP contribution in [0.5, 0.6) is 5.75 Å². The number of nitro benzene ring substituents is 1. The second-order valence-electron chi connectivity index (χ2n) is 5.12. The lowest BCUT2D eigenvalue weighted by Crippen LogP contribution is -2.46. The molecule has 1 fully saturated rings. The van der Waals surface area contributed by atoms with Crippen LogP contribution in [0.1, 0.15) is 13.3 Å². The van der Waals surface area contributed by atoms with Gasteiger partial charge in [-0.2, -0.15) is 0 Å². The highest BCUT2D eigenvalue weighted by Gasteiger charge is 2.27. The van der Waals surface area contributed by atoms with Crippen LogP contribution in [0.3, 0.4) is 0 Å². The average Bonchev–Trinajstić information content (AvgIpc) is 2.36. The molecule has 6 nitrogen and oxygen atoms in total. The van der Waals surface area contributed by atoms with E-state index in [1.807, 2.05) is 4.90 Å². The summed E-state index contributed by atoms with van der Waals surface area (Å²) in [7, 11) is 1.50. The second kappa shape index (κ2) is 5.44. The number of rotatable bonds is 3. The van der Waals surface area contributed by atoms with Gasteiger partial charge < -0.3 is 15.4 Å². The zero-order valence-electron chi connectivity index (χ0n) is 11.2. The van der Waals surface area contributed by atoms with Gasteiger partial charge in [-0.05, 0) is 24.5 Å². The molecule has 2 atom stereocenters. The maximum Gasteiger partial charge on any atom is 0.296 e. The van der Waals surface area contributed by atoms with Crippen molar-refractivity contribution in [3.8, 4) is 5.75 Å². The summed E-state index contributed by atoms with van der Waals surface area (Å²) in [5.74, 6) is 0.926. The summed E-state index contributed by atoms with van der Waals surface area (Å²) in [6.45, 7) is 3.56. The summed E-state index contributed by atoms with van der Waals surface area (Å²) in [5, 5.41) is 11.2. The molecule has 0 amide bonds. The van der Waals surface area contributed by atoms with Crippen molar-refractivity contribution in [1.29, 1.82) is 0 Å². The van der Waals surface area contributed by atoms with Crippen molar-refractivity contribution < 1.29 is 9.66 Å². The smallest absolute Gasteiger partial charge is 0.296 e. The van der Waals surface area contributed by atoms with Gasteiger partial charge in [-0.1, -0.05) is 6.92 Å². The van der Waals surface area contributed by atoms with E-state index in [1.165, 1.54) is 13.2 Å². The van der Waals surface area contributed by atoms with E-state index in [4.69, 9.17) is 10.5 Å². The number of nitro groups is 1. The number of nitrogens with zero attached hydrogens (tertiary/aromatic N) is 2. The Kier molecular flexibility index (Phi) is 3.90. The number of ether oxygens (including phenoxy) is 1. The molecule has 2 rings (SSSR count). The van der Waals surface area contributed by atoms with Crippen LogP contribution in [-0.4, -0.2) is 31.2 Å². The van der Waals surface area contributed by atoms with Gasteiger partial charge >= 0.3 is 0 Å². The molecule has 1 heterocycles. The number of piperidine rings is 1. The Morgan fingerprint density at radius 2 is 2.21 bits per heavy atom. The zero-order valence-corrected chi connectivity index (χ0v) is 11.2. The third kappa shape index (κ3) is 2.96. The Balaban J connectivity index is 2.35. The first-order valence-electron chi connectivity index (χ1n) is 6.34. The highest BCUT2D eigenvalue weighted by molar-refractivity contribution is 5.65. The molecule has 0 aromatic heterocycles. The normalized spacial score (nSPS) is 23.2. The summed E-state index contributed by atoms with van der Waals surface area (Å²) in [6, 6.07) is 5.00. The Bertz CT molecular complexity index is 468. The standard InChI is InChI=1S/C13H19N3O3/c1-9-5-10(14)8-15(7-9)12-4-3-11(19-2)6-13(12)16(17)18/h3-4,6,9-10H,5,7-8,14H2,1-2H3. The van der Waals surface area contributed by atoms with Crippen LogP contribution in [0, 0.1) is 16.0 Å². The van der Waals surface area contributed by atoms with Crippen LogP contribution in [-0.2, 0) is 0 Å². The maximum absolute atomic E-state index is 11.2. The first-order chi connectivity index (χ1) is 9.01. The molecule has 1 aliphatic heterocycles. The third-order valence-corrected chi connectivity index (χ3v) is 3.41. The minimum absolute atomic E-state index is 0.0606. The molecule has 1 aliphatic rings. The Hall–Kier alpha value is -1.82. The summed E-state index contributed by atoms with van der Waals surface area (Å²) < 4.78 is 5.04. The van der Waals surface area contributed by atoms with Crippen molar-refractivity contribution in [2.45, 2.75) is 19.4 Å². The number of hydrogen-bond acceptors (Lipinski definition) is 5. The highest BCUT2D eigenvalue weighted by atomic mass is 16.6. The lowest BCUT2D eigenvalue weighted by Gasteiger charge is -2.36. The molecule has 0 spiro atoms. The lowest BCUT2D eigenvalue weighted by atomic mass is 9.96. The van der Waals surface area contributed by atoms with Gasteiger partial charge in [0, 0.05) is 19.1 Å². The average molecular weight is 265 g/mol. The van der Waals surface area contributed by atoms with Gasteiger partial charge in [-0.3, -0.25) is 10.1 Å². The lowest BCUT2D eigenvalue weighted by molar-refractivity contribution is -0.384. The maximum atomic E-state index is 11.2. The van der Waals surface area contributed by atoms with Crippen LogP contribution in [0.15, 0.2) is 18.2 Å². The predicted molar refractivity (Wildman–Crippen MR) is 73.6 cm³/mol. The largest absolute Gasteiger partial charge is 0.496 e. The van der Waals surface area contributed by atoms with Crippen molar-refractivity contribution in [2.24, 2.45) is 11.7 Å². The van der Waals surface area contributed by atoms with E-state index in [0.717, 1.165) is 13.0 Å². The van der Waals surface area contributed by atoms with Crippen molar-refractivity contribution in [3.63, 3.8) is 0 Å². The molecule has 1 aromatic rings. The number of anilines is 1. The SMILES string of the molecule is COc1ccc(N2CC(C)CC(N)C2)c([N+](=O)[O-])c1. The predicted octanol–water partition coefficient (Wildman–Crippen LogP) is 1.78. The van der Waals surface area contributed by atoms with E-state index < -0.39 is 0 Å². The van der Waals surface area contributed by atoms with Gasteiger partial charge in [0.25, 0.3) is 5.69 Å². The number of benzene rings is 1. The molecular formula is C13H19N3O3. The van der Waals surface area contributed by atoms with Gasteiger partial charge in [-0.15, -0.1) is 0 Å². The number of hydrogen-bond donors (Lipinski definition) is 1. The van der Waals surface area contributed by atoms with Crippen molar-refractivity contribution in [1.82, 2.24) is 0 Å². The molecule has 2 N–H and O–H groups in total. The van der Waals surface area contributed by atoms with E-state index >= 15 is 0 Å². The van der Waals surface area contributed by atoms with Crippen molar-refractivity contribution in [2.75, 3.05) is 25.1 Å². The van der Waals surface area contributed by atoms with Gasteiger partial charge in [0.1, 0.15) is 11.4 Å². The van der Waals surface area contributed by atoms with Crippen LogP contribution in [0.2, 0.25) is 0 Å². The minimum atomic E-state index is -0.372. The zero-order chi connectivity index (χ0) is 14.0. The number of nitrogens with two attached hydrogens (primary N) is 1. The first-order valence-corrected chi connectivity index (χ1v) is 6.34. The van der Waals surface area contributed by atoms with Crippen LogP contribution < -0.4 is 15.4 Å². The van der Waals surface area contributed by atoms with Crippen molar-refractivity contribution in [3.05, 3.63) is 28.3 Å². The molecule has 0 bridgehead atoms. The van der Waals surface area contributed by atoms with Crippen LogP contribution in [0.4, 0.5) is 11.4 Å². The summed E-state index contributed by atoms with van der Waals surface area (Å²) >= 11 is 0. The number of methoxy groups -OCH3 is 1. The molecule has 0 saturated carbocycles. The second-order valence-corrected chi connectivity index (χ2v) is 5.12. The van der Waals surface area contributed by atoms with Crippen LogP contribution in [0.25, 0.3) is 0 Å². The van der Waals surface area contributed by atoms with Crippen molar-refractivity contribution >= 4 is 11.4 Å². The minimum Gasteiger partial charge on any atom is -0.496 e. The summed E-state index contributed by atoms with van der Waals surface area (Å²) in [5.41, 5.74) is 6.69. The first kappa shape index (κ1) is 13.6.